The number of amides is 1. The molecule has 32 heavy (non-hydrogen) atoms. The van der Waals surface area contributed by atoms with Gasteiger partial charge in [0.15, 0.2) is 5.17 Å². The monoisotopic (exact) mass is 450 g/mol. The van der Waals surface area contributed by atoms with E-state index in [2.05, 4.69) is 10.2 Å². The number of halogens is 1. The molecular weight excluding hydrogens is 435 g/mol. The molecule has 4 rings (SSSR count). The van der Waals surface area contributed by atoms with Crippen LogP contribution in [0.15, 0.2) is 86.5 Å². The first-order valence-corrected chi connectivity index (χ1v) is 10.2. The minimum Gasteiger partial charge on any atom is -0.467 e. The van der Waals surface area contributed by atoms with E-state index >= 15 is 0 Å². The number of amidine groups is 1. The Balaban J connectivity index is 1.63. The first-order valence-electron chi connectivity index (χ1n) is 9.35. The molecule has 0 spiro atoms. The molecular formula is C22H15FN4O4S. The SMILES string of the molecule is O=C1/C(=C/c2ccccc2F)S/C(=N\N=C\c2cccc([N+](=O)[O-])c2)N1Cc1ccco1. The number of rotatable bonds is 6. The summed E-state index contributed by atoms with van der Waals surface area (Å²) in [5.74, 6) is -0.263. The second kappa shape index (κ2) is 9.40. The van der Waals surface area contributed by atoms with Crippen molar-refractivity contribution < 1.29 is 18.5 Å². The lowest BCUT2D eigenvalue weighted by Crippen LogP contribution is -2.28. The van der Waals surface area contributed by atoms with Gasteiger partial charge >= 0.3 is 0 Å². The minimum atomic E-state index is -0.500. The van der Waals surface area contributed by atoms with Crippen LogP contribution in [0.5, 0.6) is 0 Å². The topological polar surface area (TPSA) is 101 Å². The molecule has 3 aromatic rings. The van der Waals surface area contributed by atoms with Crippen molar-refractivity contribution in [3.63, 3.8) is 0 Å². The van der Waals surface area contributed by atoms with Gasteiger partial charge in [0.05, 0.1) is 28.9 Å². The number of hydrogen-bond acceptors (Lipinski definition) is 7. The molecule has 8 nitrogen and oxygen atoms in total. The average Bonchev–Trinajstić information content (AvgIpc) is 3.40. The number of nitrogens with zero attached hydrogens (tertiary/aromatic N) is 4. The zero-order valence-electron chi connectivity index (χ0n) is 16.4. The van der Waals surface area contributed by atoms with E-state index in [1.165, 1.54) is 41.7 Å². The van der Waals surface area contributed by atoms with Crippen molar-refractivity contribution in [3.05, 3.63) is 105 Å². The van der Waals surface area contributed by atoms with Crippen LogP contribution in [-0.2, 0) is 11.3 Å². The van der Waals surface area contributed by atoms with Gasteiger partial charge in [0.25, 0.3) is 11.6 Å². The fraction of sp³-hybridized carbons (Fsp3) is 0.0455. The molecule has 10 heteroatoms. The number of thioether (sulfide) groups is 1. The van der Waals surface area contributed by atoms with Crippen LogP contribution in [0.3, 0.4) is 0 Å². The summed E-state index contributed by atoms with van der Waals surface area (Å²) in [6.07, 6.45) is 4.31. The van der Waals surface area contributed by atoms with Crippen LogP contribution in [0.2, 0.25) is 0 Å². The number of carbonyl (C=O) groups is 1. The lowest BCUT2D eigenvalue weighted by atomic mass is 10.2. The molecule has 0 atom stereocenters. The van der Waals surface area contributed by atoms with Gasteiger partial charge in [-0.15, -0.1) is 5.10 Å². The fourth-order valence-corrected chi connectivity index (χ4v) is 3.80. The lowest BCUT2D eigenvalue weighted by Gasteiger charge is -2.12. The molecule has 1 aliphatic heterocycles. The molecule has 1 fully saturated rings. The van der Waals surface area contributed by atoms with E-state index in [9.17, 15) is 19.3 Å². The molecule has 0 aliphatic carbocycles. The number of nitro groups is 1. The summed E-state index contributed by atoms with van der Waals surface area (Å²) in [7, 11) is 0. The summed E-state index contributed by atoms with van der Waals surface area (Å²) in [6, 6.07) is 15.5. The molecule has 0 bridgehead atoms. The molecule has 1 amide bonds. The number of nitro benzene ring substituents is 1. The Labute approximate surface area is 185 Å². The van der Waals surface area contributed by atoms with Gasteiger partial charge in [-0.1, -0.05) is 30.3 Å². The number of hydrogen-bond donors (Lipinski definition) is 0. The Hall–Kier alpha value is -4.05. The lowest BCUT2D eigenvalue weighted by molar-refractivity contribution is -0.384. The van der Waals surface area contributed by atoms with E-state index in [1.807, 2.05) is 0 Å². The van der Waals surface area contributed by atoms with E-state index < -0.39 is 10.7 Å². The van der Waals surface area contributed by atoms with Crippen molar-refractivity contribution in [3.8, 4) is 0 Å². The van der Waals surface area contributed by atoms with E-state index in [1.54, 1.807) is 42.5 Å². The average molecular weight is 450 g/mol. The predicted molar refractivity (Wildman–Crippen MR) is 119 cm³/mol. The van der Waals surface area contributed by atoms with Gasteiger partial charge in [-0.2, -0.15) is 5.10 Å². The number of carbonyl (C=O) groups excluding carboxylic acids is 1. The summed E-state index contributed by atoms with van der Waals surface area (Å²) in [6.45, 7) is 0.124. The van der Waals surface area contributed by atoms with Gasteiger partial charge < -0.3 is 4.42 Å². The third kappa shape index (κ3) is 4.81. The molecule has 0 unspecified atom stereocenters. The maximum atomic E-state index is 14.1. The predicted octanol–water partition coefficient (Wildman–Crippen LogP) is 4.83. The fourth-order valence-electron chi connectivity index (χ4n) is 2.88. The molecule has 160 valence electrons. The highest BCUT2D eigenvalue weighted by Crippen LogP contribution is 2.34. The minimum absolute atomic E-state index is 0.0680. The molecule has 1 aliphatic rings. The van der Waals surface area contributed by atoms with Crippen molar-refractivity contribution in [1.29, 1.82) is 0 Å². The zero-order valence-corrected chi connectivity index (χ0v) is 17.2. The van der Waals surface area contributed by atoms with Gasteiger partial charge in [0, 0.05) is 23.3 Å². The van der Waals surface area contributed by atoms with Crippen molar-refractivity contribution in [1.82, 2.24) is 4.90 Å². The van der Waals surface area contributed by atoms with Crippen molar-refractivity contribution in [2.75, 3.05) is 0 Å². The molecule has 2 heterocycles. The highest BCUT2D eigenvalue weighted by atomic mass is 32.2. The zero-order chi connectivity index (χ0) is 22.5. The van der Waals surface area contributed by atoms with Crippen LogP contribution in [0.25, 0.3) is 6.08 Å². The number of furan rings is 1. The summed E-state index contributed by atoms with van der Waals surface area (Å²) >= 11 is 1.05. The van der Waals surface area contributed by atoms with E-state index in [-0.39, 0.29) is 33.8 Å². The molecule has 1 saturated heterocycles. The van der Waals surface area contributed by atoms with Gasteiger partial charge in [0.1, 0.15) is 11.6 Å². The maximum absolute atomic E-state index is 14.1. The Morgan fingerprint density at radius 2 is 2.00 bits per heavy atom. The van der Waals surface area contributed by atoms with Crippen LogP contribution in [0.1, 0.15) is 16.9 Å². The second-order valence-corrected chi connectivity index (χ2v) is 7.59. The smallest absolute Gasteiger partial charge is 0.270 e. The first-order chi connectivity index (χ1) is 15.5. The number of benzene rings is 2. The molecule has 0 N–H and O–H groups in total. The Morgan fingerprint density at radius 1 is 1.16 bits per heavy atom. The third-order valence-corrected chi connectivity index (χ3v) is 5.40. The van der Waals surface area contributed by atoms with Crippen LogP contribution in [0.4, 0.5) is 10.1 Å². The molecule has 1 aromatic heterocycles. The van der Waals surface area contributed by atoms with Gasteiger partial charge in [0.2, 0.25) is 0 Å². The van der Waals surface area contributed by atoms with Crippen molar-refractivity contribution >= 4 is 40.8 Å². The van der Waals surface area contributed by atoms with Gasteiger partial charge in [-0.25, -0.2) is 4.39 Å². The van der Waals surface area contributed by atoms with Crippen molar-refractivity contribution in [2.24, 2.45) is 10.2 Å². The van der Waals surface area contributed by atoms with Crippen molar-refractivity contribution in [2.45, 2.75) is 6.54 Å². The maximum Gasteiger partial charge on any atom is 0.270 e. The summed E-state index contributed by atoms with van der Waals surface area (Å²) in [5.41, 5.74) is 0.696. The van der Waals surface area contributed by atoms with Crippen LogP contribution in [0, 0.1) is 15.9 Å². The highest BCUT2D eigenvalue weighted by Gasteiger charge is 2.34. The Bertz CT molecular complexity index is 1250. The number of non-ortho nitro benzene ring substituents is 1. The Morgan fingerprint density at radius 3 is 2.75 bits per heavy atom. The summed E-state index contributed by atoms with van der Waals surface area (Å²) < 4.78 is 19.4. The van der Waals surface area contributed by atoms with Gasteiger partial charge in [-0.3, -0.25) is 19.8 Å². The van der Waals surface area contributed by atoms with E-state index in [4.69, 9.17) is 4.42 Å². The quantitative estimate of drug-likeness (QED) is 0.232. The van der Waals surface area contributed by atoms with E-state index in [0.717, 1.165) is 11.8 Å². The first kappa shape index (κ1) is 21.2. The normalized spacial score (nSPS) is 16.5. The highest BCUT2D eigenvalue weighted by molar-refractivity contribution is 8.18. The molecule has 0 saturated carbocycles. The molecule has 0 radical (unpaired) electrons. The Kier molecular flexibility index (Phi) is 6.22. The van der Waals surface area contributed by atoms with Gasteiger partial charge in [-0.05, 0) is 36.0 Å². The van der Waals surface area contributed by atoms with Crippen LogP contribution >= 0.6 is 11.8 Å². The largest absolute Gasteiger partial charge is 0.467 e. The van der Waals surface area contributed by atoms with Crippen LogP contribution in [-0.4, -0.2) is 27.1 Å². The summed E-state index contributed by atoms with van der Waals surface area (Å²) in [5, 5.41) is 19.3. The standard InChI is InChI=1S/C22H15FN4O4S/c23-19-9-2-1-6-16(19)12-20-21(28)26(14-18-8-4-10-31-18)22(32-20)25-24-13-15-5-3-7-17(11-15)27(29)30/h1-13H,14H2/b20-12-,24-13+,25-22-. The third-order valence-electron chi connectivity index (χ3n) is 4.41. The van der Waals surface area contributed by atoms with E-state index in [0.29, 0.717) is 11.3 Å². The van der Waals surface area contributed by atoms with Crippen LogP contribution < -0.4 is 0 Å². The molecule has 2 aromatic carbocycles. The summed E-state index contributed by atoms with van der Waals surface area (Å²) in [4.78, 5) is 25.1. The second-order valence-electron chi connectivity index (χ2n) is 6.58.